The summed E-state index contributed by atoms with van der Waals surface area (Å²) in [6.07, 6.45) is 5.37. The fourth-order valence-electron chi connectivity index (χ4n) is 1.59. The summed E-state index contributed by atoms with van der Waals surface area (Å²) in [5.41, 5.74) is 2.02. The van der Waals surface area contributed by atoms with Crippen LogP contribution >= 0.6 is 0 Å². The van der Waals surface area contributed by atoms with Crippen molar-refractivity contribution in [3.05, 3.63) is 48.9 Å². The molecule has 4 heteroatoms. The van der Waals surface area contributed by atoms with E-state index in [2.05, 4.69) is 19.9 Å². The van der Waals surface area contributed by atoms with Gasteiger partial charge in [0, 0.05) is 24.2 Å². The van der Waals surface area contributed by atoms with E-state index in [1.54, 1.807) is 12.4 Å². The average Bonchev–Trinajstić information content (AvgIpc) is 3.01. The summed E-state index contributed by atoms with van der Waals surface area (Å²) in [6.45, 7) is 0. The lowest BCUT2D eigenvalue weighted by Gasteiger charge is -1.93. The van der Waals surface area contributed by atoms with Crippen molar-refractivity contribution in [2.75, 3.05) is 0 Å². The molecule has 0 saturated carbocycles. The zero-order valence-electron chi connectivity index (χ0n) is 8.51. The quantitative estimate of drug-likeness (QED) is 0.682. The highest BCUT2D eigenvalue weighted by molar-refractivity contribution is 5.61. The molecule has 2 N–H and O–H groups in total. The van der Waals surface area contributed by atoms with Gasteiger partial charge in [-0.1, -0.05) is 30.3 Å². The molecule has 2 heterocycles. The molecule has 0 fully saturated rings. The number of rotatable bonds is 2. The minimum atomic E-state index is 0.752. The largest absolute Gasteiger partial charge is 0.342 e. The van der Waals surface area contributed by atoms with Crippen LogP contribution < -0.4 is 0 Å². The lowest BCUT2D eigenvalue weighted by Crippen LogP contribution is -1.82. The SMILES string of the molecule is c1ccc(-c2c[nH]c(-c3ncc[nH]3)n2)cc1. The number of H-pyrrole nitrogens is 2. The number of benzene rings is 1. The molecule has 4 nitrogen and oxygen atoms in total. The maximum Gasteiger partial charge on any atom is 0.174 e. The van der Waals surface area contributed by atoms with Crippen molar-refractivity contribution in [2.45, 2.75) is 0 Å². The Balaban J connectivity index is 2.00. The van der Waals surface area contributed by atoms with Crippen LogP contribution in [0.2, 0.25) is 0 Å². The van der Waals surface area contributed by atoms with Gasteiger partial charge in [-0.3, -0.25) is 0 Å². The zero-order chi connectivity index (χ0) is 10.8. The van der Waals surface area contributed by atoms with Crippen LogP contribution in [0.5, 0.6) is 0 Å². The molecule has 3 rings (SSSR count). The second-order valence-electron chi connectivity index (χ2n) is 3.44. The summed E-state index contributed by atoms with van der Waals surface area (Å²) in [5, 5.41) is 0. The summed E-state index contributed by atoms with van der Waals surface area (Å²) < 4.78 is 0. The Morgan fingerprint density at radius 1 is 0.938 bits per heavy atom. The molecule has 0 atom stereocenters. The number of aromatic amines is 2. The summed E-state index contributed by atoms with van der Waals surface area (Å²) in [6, 6.07) is 10.0. The van der Waals surface area contributed by atoms with Crippen molar-refractivity contribution in [1.82, 2.24) is 19.9 Å². The van der Waals surface area contributed by atoms with E-state index in [1.165, 1.54) is 0 Å². The first kappa shape index (κ1) is 8.91. The maximum absolute atomic E-state index is 4.47. The molecule has 78 valence electrons. The Hall–Kier alpha value is -2.36. The summed E-state index contributed by atoms with van der Waals surface area (Å²) in [5.74, 6) is 1.51. The highest BCUT2D eigenvalue weighted by atomic mass is 15.0. The zero-order valence-corrected chi connectivity index (χ0v) is 8.51. The number of nitrogens with one attached hydrogen (secondary N) is 2. The molecule has 0 aliphatic heterocycles. The standard InChI is InChI=1S/C12H10N4/c1-2-4-9(5-3-1)10-8-15-12(16-10)11-13-6-7-14-11/h1-8H,(H,13,14)(H,15,16). The molecule has 0 unspecified atom stereocenters. The minimum absolute atomic E-state index is 0.752. The second kappa shape index (κ2) is 3.66. The van der Waals surface area contributed by atoms with Crippen LogP contribution in [0.4, 0.5) is 0 Å². The molecule has 0 bridgehead atoms. The number of hydrogen-bond acceptors (Lipinski definition) is 2. The summed E-state index contributed by atoms with van der Waals surface area (Å²) >= 11 is 0. The van der Waals surface area contributed by atoms with E-state index < -0.39 is 0 Å². The van der Waals surface area contributed by atoms with Crippen LogP contribution in [0.1, 0.15) is 0 Å². The third-order valence-electron chi connectivity index (χ3n) is 2.37. The molecule has 0 aliphatic carbocycles. The van der Waals surface area contributed by atoms with Gasteiger partial charge in [-0.05, 0) is 0 Å². The van der Waals surface area contributed by atoms with Gasteiger partial charge in [0.25, 0.3) is 0 Å². The molecule has 1 aromatic carbocycles. The minimum Gasteiger partial charge on any atom is -0.342 e. The van der Waals surface area contributed by atoms with E-state index in [1.807, 2.05) is 36.5 Å². The van der Waals surface area contributed by atoms with E-state index in [-0.39, 0.29) is 0 Å². The molecule has 0 spiro atoms. The van der Waals surface area contributed by atoms with Crippen molar-refractivity contribution in [3.8, 4) is 22.9 Å². The van der Waals surface area contributed by atoms with E-state index in [9.17, 15) is 0 Å². The number of nitrogens with zero attached hydrogens (tertiary/aromatic N) is 2. The second-order valence-corrected chi connectivity index (χ2v) is 3.44. The lowest BCUT2D eigenvalue weighted by atomic mass is 10.2. The fraction of sp³-hybridized carbons (Fsp3) is 0. The van der Waals surface area contributed by atoms with Gasteiger partial charge >= 0.3 is 0 Å². The van der Waals surface area contributed by atoms with Crippen molar-refractivity contribution >= 4 is 0 Å². The Morgan fingerprint density at radius 3 is 2.56 bits per heavy atom. The Bertz CT molecular complexity index is 566. The van der Waals surface area contributed by atoms with E-state index in [0.717, 1.165) is 22.9 Å². The van der Waals surface area contributed by atoms with Gasteiger partial charge in [0.15, 0.2) is 11.6 Å². The van der Waals surface area contributed by atoms with Crippen molar-refractivity contribution < 1.29 is 0 Å². The first-order valence-corrected chi connectivity index (χ1v) is 5.04. The first-order chi connectivity index (χ1) is 7.93. The number of hydrogen-bond donors (Lipinski definition) is 2. The summed E-state index contributed by atoms with van der Waals surface area (Å²) in [4.78, 5) is 14.7. The first-order valence-electron chi connectivity index (χ1n) is 5.04. The molecular weight excluding hydrogens is 200 g/mol. The smallest absolute Gasteiger partial charge is 0.174 e. The fourth-order valence-corrected chi connectivity index (χ4v) is 1.59. The Labute approximate surface area is 92.4 Å². The van der Waals surface area contributed by atoms with Gasteiger partial charge in [0.1, 0.15) is 0 Å². The van der Waals surface area contributed by atoms with Gasteiger partial charge in [-0.15, -0.1) is 0 Å². The van der Waals surface area contributed by atoms with E-state index in [4.69, 9.17) is 0 Å². The third kappa shape index (κ3) is 1.50. The van der Waals surface area contributed by atoms with Gasteiger partial charge in [0.2, 0.25) is 0 Å². The van der Waals surface area contributed by atoms with Crippen LogP contribution in [0.15, 0.2) is 48.9 Å². The Morgan fingerprint density at radius 2 is 1.81 bits per heavy atom. The van der Waals surface area contributed by atoms with E-state index >= 15 is 0 Å². The number of imidazole rings is 2. The van der Waals surface area contributed by atoms with Crippen molar-refractivity contribution in [2.24, 2.45) is 0 Å². The third-order valence-corrected chi connectivity index (χ3v) is 2.37. The van der Waals surface area contributed by atoms with Crippen molar-refractivity contribution in [1.29, 1.82) is 0 Å². The Kier molecular flexibility index (Phi) is 2.04. The van der Waals surface area contributed by atoms with Gasteiger partial charge < -0.3 is 9.97 Å². The monoisotopic (exact) mass is 210 g/mol. The van der Waals surface area contributed by atoms with Crippen LogP contribution in [0.3, 0.4) is 0 Å². The molecule has 3 aromatic rings. The maximum atomic E-state index is 4.47. The molecule has 0 saturated heterocycles. The molecule has 2 aromatic heterocycles. The molecule has 0 amide bonds. The van der Waals surface area contributed by atoms with Crippen molar-refractivity contribution in [3.63, 3.8) is 0 Å². The molecular formula is C12H10N4. The van der Waals surface area contributed by atoms with Gasteiger partial charge in [-0.2, -0.15) is 0 Å². The lowest BCUT2D eigenvalue weighted by molar-refractivity contribution is 1.20. The molecule has 0 aliphatic rings. The van der Waals surface area contributed by atoms with Gasteiger partial charge in [-0.25, -0.2) is 9.97 Å². The summed E-state index contributed by atoms with van der Waals surface area (Å²) in [7, 11) is 0. The normalized spacial score (nSPS) is 10.5. The van der Waals surface area contributed by atoms with Crippen LogP contribution in [-0.4, -0.2) is 19.9 Å². The van der Waals surface area contributed by atoms with E-state index in [0.29, 0.717) is 0 Å². The van der Waals surface area contributed by atoms with Crippen LogP contribution in [0.25, 0.3) is 22.9 Å². The van der Waals surface area contributed by atoms with Crippen LogP contribution in [0, 0.1) is 0 Å². The highest BCUT2D eigenvalue weighted by Gasteiger charge is 2.06. The predicted octanol–water partition coefficient (Wildman–Crippen LogP) is 2.47. The highest BCUT2D eigenvalue weighted by Crippen LogP contribution is 2.19. The van der Waals surface area contributed by atoms with Crippen LogP contribution in [-0.2, 0) is 0 Å². The average molecular weight is 210 g/mol. The topological polar surface area (TPSA) is 57.4 Å². The van der Waals surface area contributed by atoms with Gasteiger partial charge in [0.05, 0.1) is 5.69 Å². The number of aromatic nitrogens is 4. The molecule has 16 heavy (non-hydrogen) atoms. The predicted molar refractivity (Wildman–Crippen MR) is 61.6 cm³/mol. The molecule has 0 radical (unpaired) electrons.